The Labute approximate surface area is 252 Å². The van der Waals surface area contributed by atoms with Gasteiger partial charge in [0.1, 0.15) is 6.04 Å². The normalized spacial score (nSPS) is 21.4. The van der Waals surface area contributed by atoms with Crippen LogP contribution in [-0.4, -0.2) is 62.5 Å². The lowest BCUT2D eigenvalue weighted by atomic mass is 9.62. The fourth-order valence-electron chi connectivity index (χ4n) is 7.38. The Balaban J connectivity index is 1.17. The molecule has 2 amide bonds. The third-order valence-corrected chi connectivity index (χ3v) is 10.1. The van der Waals surface area contributed by atoms with Gasteiger partial charge in [0.05, 0.1) is 6.04 Å². The number of benzene rings is 2. The summed E-state index contributed by atoms with van der Waals surface area (Å²) in [6.07, 6.45) is 9.87. The van der Waals surface area contributed by atoms with Crippen molar-refractivity contribution in [3.8, 4) is 0 Å². The van der Waals surface area contributed by atoms with Crippen LogP contribution < -0.4 is 10.6 Å². The predicted octanol–water partition coefficient (Wildman–Crippen LogP) is 4.03. The molecule has 9 nitrogen and oxygen atoms in total. The van der Waals surface area contributed by atoms with Crippen LogP contribution in [0.1, 0.15) is 67.5 Å². The van der Waals surface area contributed by atoms with Gasteiger partial charge < -0.3 is 15.5 Å². The molecular formula is C32H40ClN7O2. The molecule has 6 rings (SSSR count). The molecule has 1 saturated carbocycles. The largest absolute Gasteiger partial charge is 0.343 e. The maximum absolute atomic E-state index is 14.1. The van der Waals surface area contributed by atoms with Crippen LogP contribution >= 0.6 is 11.6 Å². The summed E-state index contributed by atoms with van der Waals surface area (Å²) >= 11 is 6.13. The lowest BCUT2D eigenvalue weighted by molar-refractivity contribution is -0.139. The molecule has 42 heavy (non-hydrogen) atoms. The van der Waals surface area contributed by atoms with E-state index < -0.39 is 6.04 Å². The second-order valence-corrected chi connectivity index (χ2v) is 12.8. The first-order valence-corrected chi connectivity index (χ1v) is 15.7. The number of piperidine rings is 1. The number of nitrogens with one attached hydrogen (secondary N) is 3. The fourth-order valence-corrected chi connectivity index (χ4v) is 7.50. The van der Waals surface area contributed by atoms with E-state index in [1.54, 1.807) is 0 Å². The maximum Gasteiger partial charge on any atom is 0.245 e. The molecule has 1 aromatic heterocycles. The quantitative estimate of drug-likeness (QED) is 0.365. The highest BCUT2D eigenvalue weighted by molar-refractivity contribution is 6.30. The average molecular weight is 590 g/mol. The summed E-state index contributed by atoms with van der Waals surface area (Å²) in [5.41, 5.74) is 3.42. The summed E-state index contributed by atoms with van der Waals surface area (Å²) in [4.78, 5) is 29.6. The second kappa shape index (κ2) is 12.9. The van der Waals surface area contributed by atoms with Crippen LogP contribution in [0.25, 0.3) is 0 Å². The number of carbonyl (C=O) groups excluding carboxylic acids is 2. The zero-order valence-electron chi connectivity index (χ0n) is 24.0. The third-order valence-electron chi connectivity index (χ3n) is 9.81. The molecule has 0 bridgehead atoms. The smallest absolute Gasteiger partial charge is 0.245 e. The van der Waals surface area contributed by atoms with E-state index in [0.29, 0.717) is 43.4 Å². The Hall–Kier alpha value is -3.30. The van der Waals surface area contributed by atoms with Gasteiger partial charge >= 0.3 is 0 Å². The molecule has 2 aliphatic heterocycles. The van der Waals surface area contributed by atoms with Crippen molar-refractivity contribution in [1.29, 1.82) is 0 Å². The molecule has 2 aromatic carbocycles. The van der Waals surface area contributed by atoms with Crippen molar-refractivity contribution in [1.82, 2.24) is 36.2 Å². The third kappa shape index (κ3) is 6.52. The van der Waals surface area contributed by atoms with Crippen LogP contribution in [0, 0.1) is 11.3 Å². The molecule has 3 aliphatic rings. The van der Waals surface area contributed by atoms with Crippen LogP contribution in [0.2, 0.25) is 5.02 Å². The van der Waals surface area contributed by atoms with Gasteiger partial charge in [-0.25, -0.2) is 0 Å². The van der Waals surface area contributed by atoms with Crippen LogP contribution in [0.5, 0.6) is 0 Å². The predicted molar refractivity (Wildman–Crippen MR) is 161 cm³/mol. The van der Waals surface area contributed by atoms with E-state index in [1.165, 1.54) is 43.2 Å². The van der Waals surface area contributed by atoms with Gasteiger partial charge in [0, 0.05) is 37.5 Å². The first-order valence-electron chi connectivity index (χ1n) is 15.4. The number of hydrogen-bond donors (Lipinski definition) is 3. The van der Waals surface area contributed by atoms with E-state index in [0.717, 1.165) is 30.7 Å². The van der Waals surface area contributed by atoms with E-state index in [1.807, 2.05) is 41.3 Å². The van der Waals surface area contributed by atoms with Gasteiger partial charge in [0.2, 0.25) is 11.8 Å². The first kappa shape index (κ1) is 28.8. The van der Waals surface area contributed by atoms with Crippen molar-refractivity contribution >= 4 is 23.4 Å². The zero-order valence-corrected chi connectivity index (χ0v) is 24.8. The topological polar surface area (TPSA) is 116 Å². The molecular weight excluding hydrogens is 550 g/mol. The number of aromatic amines is 1. The highest BCUT2D eigenvalue weighted by atomic mass is 35.5. The SMILES string of the molecule is O=C(N[C@H](Cc1ccc(Cl)cc1)C(=O)N1CCC(Cc2nn[nH]n2)(C2CCCCC2)CC1)[C@H]1Cc2ccccc2CN1. The van der Waals surface area contributed by atoms with E-state index in [2.05, 4.69) is 43.4 Å². The Morgan fingerprint density at radius 3 is 2.48 bits per heavy atom. The minimum absolute atomic E-state index is 0.0219. The zero-order chi connectivity index (χ0) is 28.9. The molecule has 2 atom stereocenters. The summed E-state index contributed by atoms with van der Waals surface area (Å²) < 4.78 is 0. The average Bonchev–Trinajstić information content (AvgIpc) is 3.55. The molecule has 0 unspecified atom stereocenters. The standard InChI is InChI=1S/C32H40ClN7O2/c33-26-12-10-22(11-13-26)18-28(35-30(41)27-19-23-6-4-5-7-24(23)21-34-27)31(42)40-16-14-32(15-17-40,20-29-36-38-39-37-29)25-8-2-1-3-9-25/h4-7,10-13,25,27-28,34H,1-3,8-9,14-21H2,(H,35,41)(H,36,37,38,39)/t27-,28-/m1/s1. The van der Waals surface area contributed by atoms with Gasteiger partial charge in [0.25, 0.3) is 0 Å². The van der Waals surface area contributed by atoms with Crippen molar-refractivity contribution in [3.05, 3.63) is 76.1 Å². The summed E-state index contributed by atoms with van der Waals surface area (Å²) in [6, 6.07) is 14.7. The number of tetrazole rings is 1. The molecule has 3 aromatic rings. The fraction of sp³-hybridized carbons (Fsp3) is 0.531. The van der Waals surface area contributed by atoms with Crippen molar-refractivity contribution in [2.24, 2.45) is 11.3 Å². The van der Waals surface area contributed by atoms with Gasteiger partial charge in [-0.15, -0.1) is 10.2 Å². The molecule has 222 valence electrons. The molecule has 3 heterocycles. The number of fused-ring (bicyclic) bond motifs is 1. The van der Waals surface area contributed by atoms with Crippen LogP contribution in [0.15, 0.2) is 48.5 Å². The Kier molecular flexibility index (Phi) is 8.86. The Morgan fingerprint density at radius 1 is 1.02 bits per heavy atom. The van der Waals surface area contributed by atoms with Crippen LogP contribution in [0.4, 0.5) is 0 Å². The van der Waals surface area contributed by atoms with Gasteiger partial charge in [0.15, 0.2) is 5.82 Å². The van der Waals surface area contributed by atoms with Gasteiger partial charge in [-0.05, 0) is 72.3 Å². The van der Waals surface area contributed by atoms with Crippen LogP contribution in [0.3, 0.4) is 0 Å². The van der Waals surface area contributed by atoms with Crippen molar-refractivity contribution < 1.29 is 9.59 Å². The number of likely N-dealkylation sites (tertiary alicyclic amines) is 1. The minimum Gasteiger partial charge on any atom is -0.343 e. The van der Waals surface area contributed by atoms with E-state index in [-0.39, 0.29) is 23.3 Å². The van der Waals surface area contributed by atoms with Crippen molar-refractivity contribution in [2.45, 2.75) is 82.8 Å². The monoisotopic (exact) mass is 589 g/mol. The highest BCUT2D eigenvalue weighted by Crippen LogP contribution is 2.47. The maximum atomic E-state index is 14.1. The Bertz CT molecular complexity index is 1350. The summed E-state index contributed by atoms with van der Waals surface area (Å²) in [5.74, 6) is 1.20. The second-order valence-electron chi connectivity index (χ2n) is 12.3. The molecule has 0 radical (unpaired) electrons. The molecule has 1 saturated heterocycles. The molecule has 0 spiro atoms. The number of hydrogen-bond acceptors (Lipinski definition) is 6. The van der Waals surface area contributed by atoms with Gasteiger partial charge in [-0.3, -0.25) is 9.59 Å². The number of H-pyrrole nitrogens is 1. The van der Waals surface area contributed by atoms with E-state index >= 15 is 0 Å². The van der Waals surface area contributed by atoms with E-state index in [4.69, 9.17) is 11.6 Å². The number of amides is 2. The molecule has 3 N–H and O–H groups in total. The minimum atomic E-state index is -0.656. The molecule has 2 fully saturated rings. The lowest BCUT2D eigenvalue weighted by Gasteiger charge is -2.48. The molecule has 1 aliphatic carbocycles. The summed E-state index contributed by atoms with van der Waals surface area (Å²) in [7, 11) is 0. The van der Waals surface area contributed by atoms with Crippen molar-refractivity contribution in [2.75, 3.05) is 13.1 Å². The summed E-state index contributed by atoms with van der Waals surface area (Å²) in [5, 5.41) is 22.1. The number of rotatable bonds is 8. The lowest BCUT2D eigenvalue weighted by Crippen LogP contribution is -2.57. The Morgan fingerprint density at radius 2 is 1.76 bits per heavy atom. The van der Waals surface area contributed by atoms with Crippen molar-refractivity contribution in [3.63, 3.8) is 0 Å². The first-order chi connectivity index (χ1) is 20.5. The number of nitrogens with zero attached hydrogens (tertiary/aromatic N) is 4. The number of carbonyl (C=O) groups is 2. The summed E-state index contributed by atoms with van der Waals surface area (Å²) in [6.45, 7) is 1.96. The van der Waals surface area contributed by atoms with Gasteiger partial charge in [-0.1, -0.05) is 72.5 Å². The number of halogens is 1. The molecule has 10 heteroatoms. The van der Waals surface area contributed by atoms with Gasteiger partial charge in [-0.2, -0.15) is 5.21 Å². The van der Waals surface area contributed by atoms with Crippen LogP contribution in [-0.2, 0) is 35.4 Å². The van der Waals surface area contributed by atoms with E-state index in [9.17, 15) is 9.59 Å². The highest BCUT2D eigenvalue weighted by Gasteiger charge is 2.44. The number of aromatic nitrogens is 4.